The molecule has 33 heavy (non-hydrogen) atoms. The Balaban J connectivity index is 1.82. The number of carbonyl (C=O) groups is 2. The number of carbonyl (C=O) groups excluding carboxylic acids is 2. The summed E-state index contributed by atoms with van der Waals surface area (Å²) in [5.74, 6) is 0.461. The third-order valence-corrected chi connectivity index (χ3v) is 5.32. The summed E-state index contributed by atoms with van der Waals surface area (Å²) in [6, 6.07) is 21.8. The van der Waals surface area contributed by atoms with Crippen LogP contribution in [0.2, 0.25) is 0 Å². The van der Waals surface area contributed by atoms with Gasteiger partial charge in [0.25, 0.3) is 11.8 Å². The topological polar surface area (TPSA) is 67.9 Å². The van der Waals surface area contributed by atoms with E-state index in [1.165, 1.54) is 4.90 Å². The molecule has 0 unspecified atom stereocenters. The lowest BCUT2D eigenvalue weighted by Crippen LogP contribution is -2.33. The third kappa shape index (κ3) is 4.32. The van der Waals surface area contributed by atoms with Crippen LogP contribution in [0, 0.1) is 6.92 Å². The van der Waals surface area contributed by atoms with Gasteiger partial charge in [0, 0.05) is 0 Å². The highest BCUT2D eigenvalue weighted by Gasteiger charge is 2.41. The number of rotatable bonds is 7. The molecule has 0 aromatic heterocycles. The van der Waals surface area contributed by atoms with Crippen molar-refractivity contribution in [1.82, 2.24) is 0 Å². The number of para-hydroxylation sites is 3. The number of hydrogen-bond donors (Lipinski definition) is 1. The van der Waals surface area contributed by atoms with Crippen molar-refractivity contribution in [3.63, 3.8) is 0 Å². The minimum atomic E-state index is -0.419. The van der Waals surface area contributed by atoms with E-state index in [1.807, 2.05) is 51.1 Å². The fraction of sp³-hybridized carbons (Fsp3) is 0.185. The zero-order chi connectivity index (χ0) is 23.5. The van der Waals surface area contributed by atoms with Crippen LogP contribution in [0.5, 0.6) is 11.5 Å². The van der Waals surface area contributed by atoms with Crippen molar-refractivity contribution in [1.29, 1.82) is 0 Å². The van der Waals surface area contributed by atoms with Crippen molar-refractivity contribution in [3.05, 3.63) is 89.6 Å². The molecule has 0 fully saturated rings. The second-order valence-corrected chi connectivity index (χ2v) is 8.00. The van der Waals surface area contributed by atoms with Crippen molar-refractivity contribution in [2.45, 2.75) is 26.9 Å². The largest absolute Gasteiger partial charge is 0.495 e. The molecular weight excluding hydrogens is 416 g/mol. The smallest absolute Gasteiger partial charge is 0.282 e. The van der Waals surface area contributed by atoms with Crippen LogP contribution < -0.4 is 19.7 Å². The van der Waals surface area contributed by atoms with Gasteiger partial charge in [0.2, 0.25) is 0 Å². The van der Waals surface area contributed by atoms with Crippen LogP contribution in [0.4, 0.5) is 11.4 Å². The van der Waals surface area contributed by atoms with Crippen molar-refractivity contribution >= 4 is 28.8 Å². The molecule has 0 radical (unpaired) electrons. The SMILES string of the molecule is COc1ccccc1NC1=C(c2ccc(OC(C)C)cc2)C(=O)N(c2ccccc2C)C1=O. The highest BCUT2D eigenvalue weighted by Crippen LogP contribution is 2.37. The molecule has 2 amide bonds. The number of hydrogen-bond acceptors (Lipinski definition) is 5. The number of anilines is 2. The molecule has 0 saturated heterocycles. The average Bonchev–Trinajstić information content (AvgIpc) is 3.04. The molecule has 1 aliphatic heterocycles. The fourth-order valence-electron chi connectivity index (χ4n) is 3.80. The van der Waals surface area contributed by atoms with Crippen LogP contribution in [0.15, 0.2) is 78.5 Å². The minimum Gasteiger partial charge on any atom is -0.495 e. The summed E-state index contributed by atoms with van der Waals surface area (Å²) in [6.07, 6.45) is 0.0316. The molecule has 3 aromatic carbocycles. The lowest BCUT2D eigenvalue weighted by molar-refractivity contribution is -0.120. The van der Waals surface area contributed by atoms with E-state index in [4.69, 9.17) is 9.47 Å². The first-order valence-corrected chi connectivity index (χ1v) is 10.8. The maximum atomic E-state index is 13.6. The zero-order valence-corrected chi connectivity index (χ0v) is 19.1. The lowest BCUT2D eigenvalue weighted by atomic mass is 10.0. The van der Waals surface area contributed by atoms with Crippen LogP contribution in [0.1, 0.15) is 25.0 Å². The van der Waals surface area contributed by atoms with Crippen molar-refractivity contribution in [2.24, 2.45) is 0 Å². The average molecular weight is 443 g/mol. The Hall–Kier alpha value is -4.06. The Kier molecular flexibility index (Phi) is 6.18. The molecule has 1 N–H and O–H groups in total. The van der Waals surface area contributed by atoms with E-state index in [1.54, 1.807) is 49.6 Å². The summed E-state index contributed by atoms with van der Waals surface area (Å²) in [5.41, 5.74) is 3.10. The van der Waals surface area contributed by atoms with Gasteiger partial charge in [-0.2, -0.15) is 0 Å². The van der Waals surface area contributed by atoms with Crippen LogP contribution in [-0.2, 0) is 9.59 Å². The summed E-state index contributed by atoms with van der Waals surface area (Å²) in [6.45, 7) is 5.77. The molecule has 0 saturated carbocycles. The predicted octanol–water partition coefficient (Wildman–Crippen LogP) is 5.19. The van der Waals surface area contributed by atoms with Crippen molar-refractivity contribution in [3.8, 4) is 11.5 Å². The Morgan fingerprint density at radius 1 is 0.848 bits per heavy atom. The van der Waals surface area contributed by atoms with E-state index in [0.717, 1.165) is 5.56 Å². The Morgan fingerprint density at radius 2 is 1.52 bits per heavy atom. The number of nitrogens with one attached hydrogen (secondary N) is 1. The van der Waals surface area contributed by atoms with Crippen molar-refractivity contribution < 1.29 is 19.1 Å². The minimum absolute atomic E-state index is 0.0316. The number of amides is 2. The quantitative estimate of drug-likeness (QED) is 0.510. The molecule has 1 heterocycles. The van der Waals surface area contributed by atoms with Gasteiger partial charge in [-0.3, -0.25) is 9.59 Å². The Bertz CT molecular complexity index is 1230. The molecule has 168 valence electrons. The Morgan fingerprint density at radius 3 is 2.18 bits per heavy atom. The molecule has 3 aromatic rings. The first-order chi connectivity index (χ1) is 15.9. The molecule has 0 spiro atoms. The van der Waals surface area contributed by atoms with Gasteiger partial charge in [-0.25, -0.2) is 4.90 Å². The third-order valence-electron chi connectivity index (χ3n) is 5.32. The number of imide groups is 1. The molecule has 4 rings (SSSR count). The molecule has 6 nitrogen and oxygen atoms in total. The van der Waals surface area contributed by atoms with Gasteiger partial charge in [0.1, 0.15) is 17.2 Å². The lowest BCUT2D eigenvalue weighted by Gasteiger charge is -2.18. The first kappa shape index (κ1) is 22.1. The van der Waals surface area contributed by atoms with Crippen molar-refractivity contribution in [2.75, 3.05) is 17.3 Å². The monoisotopic (exact) mass is 442 g/mol. The zero-order valence-electron chi connectivity index (χ0n) is 19.1. The molecule has 0 aliphatic carbocycles. The van der Waals surface area contributed by atoms with Gasteiger partial charge in [-0.1, -0.05) is 42.5 Å². The van der Waals surface area contributed by atoms with Gasteiger partial charge in [-0.15, -0.1) is 0 Å². The van der Waals surface area contributed by atoms with Gasteiger partial charge in [0.15, 0.2) is 0 Å². The second kappa shape index (κ2) is 9.20. The van der Waals surface area contributed by atoms with E-state index in [-0.39, 0.29) is 17.7 Å². The molecule has 0 atom stereocenters. The van der Waals surface area contributed by atoms with Crippen LogP contribution >= 0.6 is 0 Å². The van der Waals surface area contributed by atoms with E-state index < -0.39 is 5.91 Å². The van der Waals surface area contributed by atoms with E-state index in [9.17, 15) is 9.59 Å². The predicted molar refractivity (Wildman–Crippen MR) is 129 cm³/mol. The summed E-state index contributed by atoms with van der Waals surface area (Å²) >= 11 is 0. The number of ether oxygens (including phenoxy) is 2. The van der Waals surface area contributed by atoms with Gasteiger partial charge in [-0.05, 0) is 62.2 Å². The van der Waals surface area contributed by atoms with Gasteiger partial charge < -0.3 is 14.8 Å². The van der Waals surface area contributed by atoms with Crippen LogP contribution in [0.3, 0.4) is 0 Å². The maximum absolute atomic E-state index is 13.6. The highest BCUT2D eigenvalue weighted by atomic mass is 16.5. The molecule has 1 aliphatic rings. The van der Waals surface area contributed by atoms with Crippen LogP contribution in [0.25, 0.3) is 5.57 Å². The summed E-state index contributed by atoms with van der Waals surface area (Å²) in [5, 5.41) is 3.17. The normalized spacial score (nSPS) is 13.7. The molecule has 6 heteroatoms. The summed E-state index contributed by atoms with van der Waals surface area (Å²) in [4.78, 5) is 28.4. The highest BCUT2D eigenvalue weighted by molar-refractivity contribution is 6.46. The van der Waals surface area contributed by atoms with Crippen LogP contribution in [-0.4, -0.2) is 25.0 Å². The first-order valence-electron chi connectivity index (χ1n) is 10.8. The number of methoxy groups -OCH3 is 1. The maximum Gasteiger partial charge on any atom is 0.282 e. The standard InChI is InChI=1S/C27H26N2O4/c1-17(2)33-20-15-13-19(14-16-20)24-25(28-21-10-6-8-12-23(21)32-4)27(31)29(26(24)30)22-11-7-5-9-18(22)3/h5-17,28H,1-4H3. The van der Waals surface area contributed by atoms with Gasteiger partial charge >= 0.3 is 0 Å². The molecule has 0 bridgehead atoms. The van der Waals surface area contributed by atoms with E-state index >= 15 is 0 Å². The van der Waals surface area contributed by atoms with E-state index in [0.29, 0.717) is 34.0 Å². The molecular formula is C27H26N2O4. The van der Waals surface area contributed by atoms with Gasteiger partial charge in [0.05, 0.1) is 30.2 Å². The fourth-order valence-corrected chi connectivity index (χ4v) is 3.80. The number of aryl methyl sites for hydroxylation is 1. The summed E-state index contributed by atoms with van der Waals surface area (Å²) < 4.78 is 11.2. The number of nitrogens with zero attached hydrogens (tertiary/aromatic N) is 1. The second-order valence-electron chi connectivity index (χ2n) is 8.00. The Labute approximate surface area is 193 Å². The van der Waals surface area contributed by atoms with E-state index in [2.05, 4.69) is 5.32 Å². The summed E-state index contributed by atoms with van der Waals surface area (Å²) in [7, 11) is 1.56. The number of benzene rings is 3.